The molecule has 0 spiro atoms. The van der Waals surface area contributed by atoms with Gasteiger partial charge in [-0.1, -0.05) is 36.2 Å². The Labute approximate surface area is 160 Å². The topological polar surface area (TPSA) is 70.7 Å². The second kappa shape index (κ2) is 7.61. The van der Waals surface area contributed by atoms with Crippen molar-refractivity contribution in [3.05, 3.63) is 75.5 Å². The fraction of sp³-hybridized carbons (Fsp3) is 0.105. The smallest absolute Gasteiger partial charge is 0.259 e. The van der Waals surface area contributed by atoms with E-state index in [0.29, 0.717) is 28.3 Å². The molecule has 0 aliphatic rings. The second-order valence-electron chi connectivity index (χ2n) is 5.51. The van der Waals surface area contributed by atoms with E-state index in [0.717, 1.165) is 11.4 Å². The number of hydrogen-bond donors (Lipinski definition) is 1. The van der Waals surface area contributed by atoms with Crippen LogP contribution in [0.25, 0.3) is 5.69 Å². The SMILES string of the molecule is CCc1c(C(=O)Nc2ccc(C#N)c(Cl)c2)cnn1-c1cccc(Cl)c1. The Hall–Kier alpha value is -2.81. The fourth-order valence-corrected chi connectivity index (χ4v) is 3.02. The summed E-state index contributed by atoms with van der Waals surface area (Å²) in [7, 11) is 0. The van der Waals surface area contributed by atoms with Gasteiger partial charge in [0.25, 0.3) is 5.91 Å². The Balaban J connectivity index is 1.91. The lowest BCUT2D eigenvalue weighted by Gasteiger charge is -2.09. The van der Waals surface area contributed by atoms with E-state index < -0.39 is 0 Å². The maximum Gasteiger partial charge on any atom is 0.259 e. The van der Waals surface area contributed by atoms with Gasteiger partial charge in [-0.15, -0.1) is 0 Å². The van der Waals surface area contributed by atoms with Crippen LogP contribution in [0.2, 0.25) is 10.0 Å². The minimum atomic E-state index is -0.295. The summed E-state index contributed by atoms with van der Waals surface area (Å²) >= 11 is 12.1. The third kappa shape index (κ3) is 3.57. The molecule has 0 bridgehead atoms. The van der Waals surface area contributed by atoms with Crippen molar-refractivity contribution in [1.82, 2.24) is 9.78 Å². The molecule has 26 heavy (non-hydrogen) atoms. The Morgan fingerprint density at radius 1 is 1.27 bits per heavy atom. The van der Waals surface area contributed by atoms with Crippen molar-refractivity contribution in [2.45, 2.75) is 13.3 Å². The summed E-state index contributed by atoms with van der Waals surface area (Å²) in [4.78, 5) is 12.7. The molecular weight excluding hydrogens is 371 g/mol. The Morgan fingerprint density at radius 3 is 2.73 bits per heavy atom. The molecule has 1 N–H and O–H groups in total. The molecular formula is C19H14Cl2N4O. The molecule has 0 fully saturated rings. The van der Waals surface area contributed by atoms with Gasteiger partial charge in [0.2, 0.25) is 0 Å². The van der Waals surface area contributed by atoms with Crippen LogP contribution in [0.15, 0.2) is 48.7 Å². The number of aromatic nitrogens is 2. The number of nitriles is 1. The highest BCUT2D eigenvalue weighted by molar-refractivity contribution is 6.32. The van der Waals surface area contributed by atoms with Crippen molar-refractivity contribution >= 4 is 34.8 Å². The summed E-state index contributed by atoms with van der Waals surface area (Å²) in [5.74, 6) is -0.295. The Morgan fingerprint density at radius 2 is 2.08 bits per heavy atom. The maximum absolute atomic E-state index is 12.7. The van der Waals surface area contributed by atoms with Gasteiger partial charge in [-0.05, 0) is 42.8 Å². The van der Waals surface area contributed by atoms with Crippen LogP contribution in [0.1, 0.15) is 28.5 Å². The molecule has 0 radical (unpaired) electrons. The zero-order valence-corrected chi connectivity index (χ0v) is 15.3. The zero-order valence-electron chi connectivity index (χ0n) is 13.8. The van der Waals surface area contributed by atoms with Gasteiger partial charge in [0.15, 0.2) is 0 Å². The van der Waals surface area contributed by atoms with Gasteiger partial charge in [-0.3, -0.25) is 4.79 Å². The van der Waals surface area contributed by atoms with Crippen LogP contribution < -0.4 is 5.32 Å². The largest absolute Gasteiger partial charge is 0.322 e. The highest BCUT2D eigenvalue weighted by Crippen LogP contribution is 2.23. The molecule has 1 aromatic heterocycles. The lowest BCUT2D eigenvalue weighted by molar-refractivity contribution is 0.102. The summed E-state index contributed by atoms with van der Waals surface area (Å²) in [6, 6.07) is 14.0. The zero-order chi connectivity index (χ0) is 18.7. The Bertz CT molecular complexity index is 1020. The standard InChI is InChI=1S/C19H14Cl2N4O/c1-2-18-16(11-23-25(18)15-5-3-4-13(20)8-15)19(26)24-14-7-6-12(10-22)17(21)9-14/h3-9,11H,2H2,1H3,(H,24,26). The number of carbonyl (C=O) groups is 1. The molecule has 7 heteroatoms. The van der Waals surface area contributed by atoms with Crippen LogP contribution in [-0.2, 0) is 6.42 Å². The van der Waals surface area contributed by atoms with Gasteiger partial charge in [0.05, 0.1) is 33.7 Å². The van der Waals surface area contributed by atoms with Crippen molar-refractivity contribution in [1.29, 1.82) is 5.26 Å². The van der Waals surface area contributed by atoms with Crippen molar-refractivity contribution in [2.24, 2.45) is 0 Å². The number of nitrogens with one attached hydrogen (secondary N) is 1. The summed E-state index contributed by atoms with van der Waals surface area (Å²) < 4.78 is 1.70. The molecule has 3 aromatic rings. The van der Waals surface area contributed by atoms with Gasteiger partial charge in [0, 0.05) is 10.7 Å². The van der Waals surface area contributed by atoms with Crippen molar-refractivity contribution in [3.8, 4) is 11.8 Å². The van der Waals surface area contributed by atoms with E-state index in [1.54, 1.807) is 35.0 Å². The van der Waals surface area contributed by atoms with Gasteiger partial charge in [-0.25, -0.2) is 4.68 Å². The summed E-state index contributed by atoms with van der Waals surface area (Å²) in [5.41, 5.74) is 2.89. The molecule has 0 saturated heterocycles. The predicted molar refractivity (Wildman–Crippen MR) is 102 cm³/mol. The fourth-order valence-electron chi connectivity index (χ4n) is 2.62. The van der Waals surface area contributed by atoms with Gasteiger partial charge < -0.3 is 5.32 Å². The average molecular weight is 385 g/mol. The molecule has 1 amide bonds. The molecule has 0 aliphatic heterocycles. The monoisotopic (exact) mass is 384 g/mol. The number of halogens is 2. The third-order valence-electron chi connectivity index (χ3n) is 3.85. The van der Waals surface area contributed by atoms with E-state index in [2.05, 4.69) is 10.4 Å². The van der Waals surface area contributed by atoms with Crippen LogP contribution >= 0.6 is 23.2 Å². The van der Waals surface area contributed by atoms with Crippen molar-refractivity contribution < 1.29 is 4.79 Å². The van der Waals surface area contributed by atoms with Crippen LogP contribution in [0, 0.1) is 11.3 Å². The molecule has 0 atom stereocenters. The number of hydrogen-bond acceptors (Lipinski definition) is 3. The lowest BCUT2D eigenvalue weighted by Crippen LogP contribution is -2.14. The third-order valence-corrected chi connectivity index (χ3v) is 4.40. The number of anilines is 1. The normalized spacial score (nSPS) is 10.4. The first-order valence-electron chi connectivity index (χ1n) is 7.87. The second-order valence-corrected chi connectivity index (χ2v) is 6.35. The summed E-state index contributed by atoms with van der Waals surface area (Å²) in [5, 5.41) is 16.9. The van der Waals surface area contributed by atoms with Crippen LogP contribution in [0.3, 0.4) is 0 Å². The number of amides is 1. The first-order chi connectivity index (χ1) is 12.5. The molecule has 0 saturated carbocycles. The molecule has 0 aliphatic carbocycles. The van der Waals surface area contributed by atoms with Crippen molar-refractivity contribution in [2.75, 3.05) is 5.32 Å². The highest BCUT2D eigenvalue weighted by Gasteiger charge is 2.18. The predicted octanol–water partition coefficient (Wildman–Crippen LogP) is 4.87. The molecule has 5 nitrogen and oxygen atoms in total. The lowest BCUT2D eigenvalue weighted by atomic mass is 10.1. The van der Waals surface area contributed by atoms with E-state index in [-0.39, 0.29) is 10.9 Å². The van der Waals surface area contributed by atoms with E-state index in [1.807, 2.05) is 25.1 Å². The van der Waals surface area contributed by atoms with E-state index in [9.17, 15) is 4.79 Å². The van der Waals surface area contributed by atoms with Crippen molar-refractivity contribution in [3.63, 3.8) is 0 Å². The van der Waals surface area contributed by atoms with Gasteiger partial charge >= 0.3 is 0 Å². The Kier molecular flexibility index (Phi) is 5.27. The average Bonchev–Trinajstić information content (AvgIpc) is 3.06. The molecule has 130 valence electrons. The molecule has 1 heterocycles. The van der Waals surface area contributed by atoms with Crippen LogP contribution in [0.4, 0.5) is 5.69 Å². The summed E-state index contributed by atoms with van der Waals surface area (Å²) in [6.45, 7) is 1.95. The molecule has 0 unspecified atom stereocenters. The van der Waals surface area contributed by atoms with Crippen LogP contribution in [0.5, 0.6) is 0 Å². The number of nitrogens with zero attached hydrogens (tertiary/aromatic N) is 3. The van der Waals surface area contributed by atoms with Gasteiger partial charge in [0.1, 0.15) is 6.07 Å². The number of carbonyl (C=O) groups excluding carboxylic acids is 1. The quantitative estimate of drug-likeness (QED) is 0.697. The first-order valence-corrected chi connectivity index (χ1v) is 8.63. The first kappa shape index (κ1) is 18.0. The van der Waals surface area contributed by atoms with Gasteiger partial charge in [-0.2, -0.15) is 10.4 Å². The minimum absolute atomic E-state index is 0.288. The summed E-state index contributed by atoms with van der Waals surface area (Å²) in [6.07, 6.45) is 2.14. The minimum Gasteiger partial charge on any atom is -0.322 e. The molecule has 3 rings (SSSR count). The maximum atomic E-state index is 12.7. The van der Waals surface area contributed by atoms with Crippen LogP contribution in [-0.4, -0.2) is 15.7 Å². The highest BCUT2D eigenvalue weighted by atomic mass is 35.5. The van der Waals surface area contributed by atoms with E-state index in [4.69, 9.17) is 28.5 Å². The number of rotatable bonds is 4. The van der Waals surface area contributed by atoms with E-state index >= 15 is 0 Å². The molecule has 2 aromatic carbocycles. The van der Waals surface area contributed by atoms with E-state index in [1.165, 1.54) is 6.20 Å². The number of benzene rings is 2.